The maximum absolute atomic E-state index is 11.8. The van der Waals surface area contributed by atoms with Crippen molar-refractivity contribution in [2.45, 2.75) is 13.3 Å². The fraction of sp³-hybridized carbons (Fsp3) is 0.211. The summed E-state index contributed by atoms with van der Waals surface area (Å²) >= 11 is 0. The Balaban J connectivity index is 1.42. The first-order chi connectivity index (χ1) is 12.2. The van der Waals surface area contributed by atoms with E-state index >= 15 is 0 Å². The van der Waals surface area contributed by atoms with Crippen molar-refractivity contribution >= 4 is 5.91 Å². The van der Waals surface area contributed by atoms with Crippen molar-refractivity contribution < 1.29 is 14.1 Å². The minimum Gasteiger partial charge on any atom is -0.484 e. The fourth-order valence-electron chi connectivity index (χ4n) is 2.27. The van der Waals surface area contributed by atoms with Crippen molar-refractivity contribution in [1.82, 2.24) is 15.5 Å². The summed E-state index contributed by atoms with van der Waals surface area (Å²) in [6.07, 6.45) is 0.468. The molecule has 1 aromatic heterocycles. The Morgan fingerprint density at radius 2 is 2.00 bits per heavy atom. The number of nitrogens with one attached hydrogen (secondary N) is 1. The number of rotatable bonds is 7. The number of benzene rings is 2. The number of carbonyl (C=O) groups is 1. The Morgan fingerprint density at radius 1 is 1.16 bits per heavy atom. The standard InChI is InChI=1S/C19H19N3O3/c1-14-6-5-9-16(12-14)24-13-17(23)20-11-10-18-21-19(22-25-18)15-7-3-2-4-8-15/h2-9,12H,10-11,13H2,1H3,(H,20,23). The molecule has 0 bridgehead atoms. The van der Waals surface area contributed by atoms with Gasteiger partial charge in [0.15, 0.2) is 6.61 Å². The summed E-state index contributed by atoms with van der Waals surface area (Å²) in [7, 11) is 0. The summed E-state index contributed by atoms with van der Waals surface area (Å²) in [5, 5.41) is 6.72. The van der Waals surface area contributed by atoms with E-state index in [1.54, 1.807) is 0 Å². The molecule has 0 aliphatic rings. The van der Waals surface area contributed by atoms with E-state index in [4.69, 9.17) is 9.26 Å². The van der Waals surface area contributed by atoms with Gasteiger partial charge in [-0.15, -0.1) is 0 Å². The second-order valence-electron chi connectivity index (χ2n) is 5.58. The zero-order valence-electron chi connectivity index (χ0n) is 13.9. The van der Waals surface area contributed by atoms with Crippen molar-refractivity contribution in [1.29, 1.82) is 0 Å². The third-order valence-electron chi connectivity index (χ3n) is 3.52. The third kappa shape index (κ3) is 4.91. The zero-order chi connectivity index (χ0) is 17.5. The van der Waals surface area contributed by atoms with Gasteiger partial charge in [0.1, 0.15) is 5.75 Å². The molecule has 3 rings (SSSR count). The molecule has 0 aliphatic carbocycles. The van der Waals surface area contributed by atoms with Crippen LogP contribution in [0.5, 0.6) is 5.75 Å². The van der Waals surface area contributed by atoms with Crippen molar-refractivity contribution in [3.63, 3.8) is 0 Å². The number of carbonyl (C=O) groups excluding carboxylic acids is 1. The minimum atomic E-state index is -0.190. The van der Waals surface area contributed by atoms with Gasteiger partial charge in [0.05, 0.1) is 0 Å². The second kappa shape index (κ2) is 8.10. The van der Waals surface area contributed by atoms with Crippen LogP contribution in [0.1, 0.15) is 11.5 Å². The van der Waals surface area contributed by atoms with Crippen LogP contribution in [-0.4, -0.2) is 29.2 Å². The van der Waals surface area contributed by atoms with Gasteiger partial charge in [-0.3, -0.25) is 4.79 Å². The SMILES string of the molecule is Cc1cccc(OCC(=O)NCCc2nc(-c3ccccc3)no2)c1. The van der Waals surface area contributed by atoms with Gasteiger partial charge in [0.2, 0.25) is 11.7 Å². The van der Waals surface area contributed by atoms with E-state index in [2.05, 4.69) is 15.5 Å². The van der Waals surface area contributed by atoms with Crippen LogP contribution in [0.2, 0.25) is 0 Å². The third-order valence-corrected chi connectivity index (χ3v) is 3.52. The average molecular weight is 337 g/mol. The summed E-state index contributed by atoms with van der Waals surface area (Å²) in [6.45, 7) is 2.36. The predicted molar refractivity (Wildman–Crippen MR) is 93.1 cm³/mol. The van der Waals surface area contributed by atoms with Crippen LogP contribution < -0.4 is 10.1 Å². The van der Waals surface area contributed by atoms with E-state index < -0.39 is 0 Å². The normalized spacial score (nSPS) is 10.4. The first-order valence-corrected chi connectivity index (χ1v) is 8.05. The minimum absolute atomic E-state index is 0.0252. The number of hydrogen-bond donors (Lipinski definition) is 1. The Hall–Kier alpha value is -3.15. The molecular weight excluding hydrogens is 318 g/mol. The topological polar surface area (TPSA) is 77.2 Å². The van der Waals surface area contributed by atoms with Crippen LogP contribution in [0.15, 0.2) is 59.1 Å². The molecule has 128 valence electrons. The lowest BCUT2D eigenvalue weighted by Gasteiger charge is -2.07. The predicted octanol–water partition coefficient (Wildman–Crippen LogP) is 2.78. The van der Waals surface area contributed by atoms with E-state index in [0.717, 1.165) is 11.1 Å². The first kappa shape index (κ1) is 16.7. The fourth-order valence-corrected chi connectivity index (χ4v) is 2.27. The molecule has 3 aromatic rings. The average Bonchev–Trinajstić information content (AvgIpc) is 3.10. The van der Waals surface area contributed by atoms with Crippen LogP contribution in [-0.2, 0) is 11.2 Å². The lowest BCUT2D eigenvalue weighted by molar-refractivity contribution is -0.123. The number of aromatic nitrogens is 2. The molecule has 0 radical (unpaired) electrons. The molecule has 0 saturated carbocycles. The van der Waals surface area contributed by atoms with Crippen LogP contribution in [0.25, 0.3) is 11.4 Å². The summed E-state index contributed by atoms with van der Waals surface area (Å²) in [4.78, 5) is 16.1. The van der Waals surface area contributed by atoms with Crippen LogP contribution in [0, 0.1) is 6.92 Å². The highest BCUT2D eigenvalue weighted by molar-refractivity contribution is 5.77. The van der Waals surface area contributed by atoms with Crippen LogP contribution >= 0.6 is 0 Å². The lowest BCUT2D eigenvalue weighted by atomic mass is 10.2. The molecule has 2 aromatic carbocycles. The number of aryl methyl sites for hydroxylation is 1. The molecule has 0 saturated heterocycles. The van der Waals surface area contributed by atoms with E-state index in [0.29, 0.717) is 30.4 Å². The van der Waals surface area contributed by atoms with Crippen LogP contribution in [0.4, 0.5) is 0 Å². The van der Waals surface area contributed by atoms with Gasteiger partial charge in [-0.25, -0.2) is 0 Å². The molecule has 6 heteroatoms. The summed E-state index contributed by atoms with van der Waals surface area (Å²) < 4.78 is 10.6. The molecule has 0 aliphatic heterocycles. The molecule has 0 spiro atoms. The zero-order valence-corrected chi connectivity index (χ0v) is 13.9. The Bertz CT molecular complexity index is 831. The van der Waals surface area contributed by atoms with Gasteiger partial charge >= 0.3 is 0 Å². The molecule has 25 heavy (non-hydrogen) atoms. The van der Waals surface area contributed by atoms with Gasteiger partial charge in [-0.1, -0.05) is 47.6 Å². The van der Waals surface area contributed by atoms with Gasteiger partial charge < -0.3 is 14.6 Å². The lowest BCUT2D eigenvalue weighted by Crippen LogP contribution is -2.30. The highest BCUT2D eigenvalue weighted by Gasteiger charge is 2.09. The van der Waals surface area contributed by atoms with Gasteiger partial charge in [0, 0.05) is 18.5 Å². The number of nitrogens with zero attached hydrogens (tertiary/aromatic N) is 2. The molecule has 6 nitrogen and oxygen atoms in total. The van der Waals surface area contributed by atoms with E-state index in [1.165, 1.54) is 0 Å². The maximum atomic E-state index is 11.8. The Labute approximate surface area is 145 Å². The van der Waals surface area contributed by atoms with E-state index in [9.17, 15) is 4.79 Å². The van der Waals surface area contributed by atoms with Crippen molar-refractivity contribution in [2.75, 3.05) is 13.2 Å². The molecule has 1 amide bonds. The monoisotopic (exact) mass is 337 g/mol. The van der Waals surface area contributed by atoms with Crippen molar-refractivity contribution in [3.8, 4) is 17.1 Å². The largest absolute Gasteiger partial charge is 0.484 e. The Morgan fingerprint density at radius 3 is 2.80 bits per heavy atom. The molecular formula is C19H19N3O3. The molecule has 0 fully saturated rings. The number of amides is 1. The van der Waals surface area contributed by atoms with E-state index in [1.807, 2.05) is 61.5 Å². The summed E-state index contributed by atoms with van der Waals surface area (Å²) in [5.74, 6) is 1.52. The molecule has 0 atom stereocenters. The van der Waals surface area contributed by atoms with Gasteiger partial charge in [-0.05, 0) is 24.6 Å². The summed E-state index contributed by atoms with van der Waals surface area (Å²) in [6, 6.07) is 17.2. The van der Waals surface area contributed by atoms with Crippen molar-refractivity contribution in [3.05, 3.63) is 66.1 Å². The number of hydrogen-bond acceptors (Lipinski definition) is 5. The van der Waals surface area contributed by atoms with E-state index in [-0.39, 0.29) is 12.5 Å². The van der Waals surface area contributed by atoms with Gasteiger partial charge in [0.25, 0.3) is 5.91 Å². The molecule has 0 unspecified atom stereocenters. The maximum Gasteiger partial charge on any atom is 0.257 e. The highest BCUT2D eigenvalue weighted by Crippen LogP contribution is 2.15. The Kier molecular flexibility index (Phi) is 5.41. The smallest absolute Gasteiger partial charge is 0.257 e. The summed E-state index contributed by atoms with van der Waals surface area (Å²) in [5.41, 5.74) is 1.98. The highest BCUT2D eigenvalue weighted by atomic mass is 16.5. The molecule has 1 N–H and O–H groups in total. The first-order valence-electron chi connectivity index (χ1n) is 8.05. The molecule has 1 heterocycles. The van der Waals surface area contributed by atoms with Crippen molar-refractivity contribution in [2.24, 2.45) is 0 Å². The number of ether oxygens (including phenoxy) is 1. The quantitative estimate of drug-likeness (QED) is 0.717. The van der Waals surface area contributed by atoms with Crippen LogP contribution in [0.3, 0.4) is 0 Å². The second-order valence-corrected chi connectivity index (χ2v) is 5.58. The van der Waals surface area contributed by atoms with Gasteiger partial charge in [-0.2, -0.15) is 4.98 Å².